The van der Waals surface area contributed by atoms with Crippen LogP contribution in [0.1, 0.15) is 25.3 Å². The third-order valence-electron chi connectivity index (χ3n) is 2.48. The summed E-state index contributed by atoms with van der Waals surface area (Å²) in [4.78, 5) is 12.9. The number of carbonyl (C=O) groups is 1. The zero-order valence-electron chi connectivity index (χ0n) is 11.3. The second-order valence-electron chi connectivity index (χ2n) is 4.39. The minimum absolute atomic E-state index is 0.667. The van der Waals surface area contributed by atoms with Gasteiger partial charge in [-0.1, -0.05) is 25.5 Å². The molecule has 0 aromatic heterocycles. The van der Waals surface area contributed by atoms with Crippen LogP contribution in [0, 0.1) is 0 Å². The summed E-state index contributed by atoms with van der Waals surface area (Å²) in [7, 11) is 3.79. The maximum absolute atomic E-state index is 11.0. The van der Waals surface area contributed by atoms with Crippen LogP contribution in [0.3, 0.4) is 0 Å². The molecule has 98 valence electrons. The fraction of sp³-hybridized carbons (Fsp3) is 0.400. The van der Waals surface area contributed by atoms with E-state index < -0.39 is 0 Å². The van der Waals surface area contributed by atoms with Crippen LogP contribution in [0.15, 0.2) is 30.5 Å². The first-order valence-electron chi connectivity index (χ1n) is 6.24. The van der Waals surface area contributed by atoms with Gasteiger partial charge in [-0.15, -0.1) is 0 Å². The predicted octanol–water partition coefficient (Wildman–Crippen LogP) is 2.97. The molecule has 0 aliphatic rings. The van der Waals surface area contributed by atoms with Gasteiger partial charge in [-0.25, -0.2) is 0 Å². The van der Waals surface area contributed by atoms with Crippen molar-refractivity contribution in [1.82, 2.24) is 4.90 Å². The Hall–Kier alpha value is -1.77. The number of aldehydes is 1. The normalized spacial score (nSPS) is 11.2. The van der Waals surface area contributed by atoms with Crippen molar-refractivity contribution < 1.29 is 9.53 Å². The minimum Gasteiger partial charge on any atom is -0.494 e. The maximum Gasteiger partial charge on any atom is 0.152 e. The highest BCUT2D eigenvalue weighted by Crippen LogP contribution is 2.18. The average molecular weight is 247 g/mol. The van der Waals surface area contributed by atoms with Crippen molar-refractivity contribution in [3.63, 3.8) is 0 Å². The molecular weight excluding hydrogens is 226 g/mol. The van der Waals surface area contributed by atoms with Crippen molar-refractivity contribution in [3.05, 3.63) is 36.0 Å². The van der Waals surface area contributed by atoms with Gasteiger partial charge < -0.3 is 9.64 Å². The van der Waals surface area contributed by atoms with Crippen LogP contribution in [0.25, 0.3) is 5.57 Å². The summed E-state index contributed by atoms with van der Waals surface area (Å²) in [5.41, 5.74) is 1.57. The molecular formula is C15H21NO2. The number of benzene rings is 1. The first kappa shape index (κ1) is 14.3. The fourth-order valence-corrected chi connectivity index (χ4v) is 1.53. The Morgan fingerprint density at radius 3 is 2.44 bits per heavy atom. The smallest absolute Gasteiger partial charge is 0.152 e. The number of ether oxygens (including phenoxy) is 1. The molecule has 0 radical (unpaired) electrons. The molecule has 18 heavy (non-hydrogen) atoms. The van der Waals surface area contributed by atoms with E-state index in [2.05, 4.69) is 6.92 Å². The van der Waals surface area contributed by atoms with Crippen molar-refractivity contribution in [2.24, 2.45) is 0 Å². The van der Waals surface area contributed by atoms with Crippen molar-refractivity contribution in [1.29, 1.82) is 0 Å². The zero-order valence-corrected chi connectivity index (χ0v) is 11.3. The molecule has 0 unspecified atom stereocenters. The van der Waals surface area contributed by atoms with Crippen LogP contribution in [-0.2, 0) is 4.79 Å². The van der Waals surface area contributed by atoms with E-state index in [1.807, 2.05) is 43.3 Å². The highest BCUT2D eigenvalue weighted by Gasteiger charge is 2.01. The molecule has 0 heterocycles. The summed E-state index contributed by atoms with van der Waals surface area (Å²) in [6.07, 6.45) is 4.85. The van der Waals surface area contributed by atoms with Crippen LogP contribution >= 0.6 is 0 Å². The Balaban J connectivity index is 2.72. The fourth-order valence-electron chi connectivity index (χ4n) is 1.53. The van der Waals surface area contributed by atoms with Gasteiger partial charge in [-0.3, -0.25) is 4.79 Å². The minimum atomic E-state index is 0.667. The van der Waals surface area contributed by atoms with Crippen LogP contribution in [0.5, 0.6) is 5.75 Å². The molecule has 1 aromatic carbocycles. The summed E-state index contributed by atoms with van der Waals surface area (Å²) in [5, 5.41) is 0. The lowest BCUT2D eigenvalue weighted by molar-refractivity contribution is -0.103. The molecule has 1 aromatic rings. The highest BCUT2D eigenvalue weighted by atomic mass is 16.5. The molecule has 3 nitrogen and oxygen atoms in total. The molecule has 1 rings (SSSR count). The zero-order chi connectivity index (χ0) is 13.4. The monoisotopic (exact) mass is 247 g/mol. The molecule has 0 saturated carbocycles. The van der Waals surface area contributed by atoms with Gasteiger partial charge in [0, 0.05) is 25.9 Å². The lowest BCUT2D eigenvalue weighted by Gasteiger charge is -2.09. The molecule has 0 saturated heterocycles. The lowest BCUT2D eigenvalue weighted by Crippen LogP contribution is -2.03. The maximum atomic E-state index is 11.0. The summed E-state index contributed by atoms with van der Waals surface area (Å²) >= 11 is 0. The Bertz CT molecular complexity index is 393. The molecule has 0 fully saturated rings. The number of hydrogen-bond acceptors (Lipinski definition) is 3. The highest BCUT2D eigenvalue weighted by molar-refractivity contribution is 6.06. The third-order valence-corrected chi connectivity index (χ3v) is 2.48. The van der Waals surface area contributed by atoms with Crippen molar-refractivity contribution in [3.8, 4) is 5.75 Å². The molecule has 0 amide bonds. The average Bonchev–Trinajstić information content (AvgIpc) is 2.37. The molecule has 0 aliphatic carbocycles. The topological polar surface area (TPSA) is 29.5 Å². The number of rotatable bonds is 7. The van der Waals surface area contributed by atoms with Crippen LogP contribution in [-0.4, -0.2) is 31.9 Å². The van der Waals surface area contributed by atoms with E-state index in [4.69, 9.17) is 4.74 Å². The van der Waals surface area contributed by atoms with E-state index in [-0.39, 0.29) is 0 Å². The quantitative estimate of drug-likeness (QED) is 0.421. The summed E-state index contributed by atoms with van der Waals surface area (Å²) < 4.78 is 5.58. The number of hydrogen-bond donors (Lipinski definition) is 0. The molecule has 0 atom stereocenters. The van der Waals surface area contributed by atoms with Gasteiger partial charge in [0.15, 0.2) is 6.29 Å². The van der Waals surface area contributed by atoms with Crippen LogP contribution in [0.2, 0.25) is 0 Å². The number of unbranched alkanes of at least 4 members (excludes halogenated alkanes) is 1. The van der Waals surface area contributed by atoms with E-state index >= 15 is 0 Å². The summed E-state index contributed by atoms with van der Waals surface area (Å²) in [6.45, 7) is 2.87. The molecule has 0 bridgehead atoms. The summed E-state index contributed by atoms with van der Waals surface area (Å²) in [6, 6.07) is 7.62. The predicted molar refractivity (Wildman–Crippen MR) is 74.6 cm³/mol. The first-order valence-corrected chi connectivity index (χ1v) is 6.24. The number of carbonyl (C=O) groups excluding carboxylic acids is 1. The molecule has 0 aliphatic heterocycles. The van der Waals surface area contributed by atoms with Gasteiger partial charge in [0.25, 0.3) is 0 Å². The van der Waals surface area contributed by atoms with Crippen molar-refractivity contribution in [2.45, 2.75) is 19.8 Å². The van der Waals surface area contributed by atoms with E-state index in [1.165, 1.54) is 0 Å². The number of allylic oxidation sites excluding steroid dienone is 1. The first-order chi connectivity index (χ1) is 8.67. The van der Waals surface area contributed by atoms with E-state index in [0.29, 0.717) is 5.57 Å². The van der Waals surface area contributed by atoms with Gasteiger partial charge in [-0.05, 0) is 24.1 Å². The SMILES string of the molecule is CCCCOc1ccc(C(C=O)=CN(C)C)cc1. The molecule has 0 spiro atoms. The Kier molecular flexibility index (Phi) is 5.98. The van der Waals surface area contributed by atoms with Crippen molar-refractivity contribution in [2.75, 3.05) is 20.7 Å². The Morgan fingerprint density at radius 1 is 1.28 bits per heavy atom. The number of nitrogens with zero attached hydrogens (tertiary/aromatic N) is 1. The summed E-state index contributed by atoms with van der Waals surface area (Å²) in [5.74, 6) is 0.849. The van der Waals surface area contributed by atoms with Crippen LogP contribution in [0.4, 0.5) is 0 Å². The second kappa shape index (κ2) is 7.54. The van der Waals surface area contributed by atoms with Gasteiger partial charge >= 0.3 is 0 Å². The van der Waals surface area contributed by atoms with E-state index in [9.17, 15) is 4.79 Å². The molecule has 3 heteroatoms. The van der Waals surface area contributed by atoms with Gasteiger partial charge in [-0.2, -0.15) is 0 Å². The van der Waals surface area contributed by atoms with Crippen molar-refractivity contribution >= 4 is 11.9 Å². The lowest BCUT2D eigenvalue weighted by atomic mass is 10.1. The van der Waals surface area contributed by atoms with E-state index in [0.717, 1.165) is 37.0 Å². The van der Waals surface area contributed by atoms with E-state index in [1.54, 1.807) is 6.20 Å². The second-order valence-corrected chi connectivity index (χ2v) is 4.39. The van der Waals surface area contributed by atoms with Gasteiger partial charge in [0.1, 0.15) is 5.75 Å². The van der Waals surface area contributed by atoms with Gasteiger partial charge in [0.2, 0.25) is 0 Å². The largest absolute Gasteiger partial charge is 0.494 e. The van der Waals surface area contributed by atoms with Crippen LogP contribution < -0.4 is 4.74 Å². The molecule has 0 N–H and O–H groups in total. The third kappa shape index (κ3) is 4.62. The van der Waals surface area contributed by atoms with Gasteiger partial charge in [0.05, 0.1) is 6.61 Å². The Labute approximate surface area is 109 Å². The Morgan fingerprint density at radius 2 is 1.94 bits per heavy atom. The standard InChI is InChI=1S/C15H21NO2/c1-4-5-10-18-15-8-6-13(7-9-15)14(12-17)11-16(2)3/h6-9,11-12H,4-5,10H2,1-3H3.